The number of rotatable bonds is 8. The van der Waals surface area contributed by atoms with Crippen LogP contribution in [0.2, 0.25) is 0 Å². The molecular weight excluding hydrogens is 665 g/mol. The molecule has 0 amide bonds. The molecule has 0 fully saturated rings. The second-order valence-corrected chi connectivity index (χ2v) is 13.4. The molecule has 0 bridgehead atoms. The Morgan fingerprint density at radius 1 is 0.491 bits per heavy atom. The van der Waals surface area contributed by atoms with Crippen LogP contribution < -0.4 is 10.2 Å². The molecule has 0 unspecified atom stereocenters. The predicted octanol–water partition coefficient (Wildman–Crippen LogP) is 15.0. The maximum absolute atomic E-state index is 3.47. The molecule has 0 aromatic heterocycles. The van der Waals surface area contributed by atoms with E-state index in [0.717, 1.165) is 28.3 Å². The Morgan fingerprint density at radius 3 is 1.93 bits per heavy atom. The van der Waals surface area contributed by atoms with E-state index in [1.54, 1.807) is 0 Å². The van der Waals surface area contributed by atoms with Crippen LogP contribution in [-0.4, -0.2) is 0 Å². The number of hydrogen-bond donors (Lipinski definition) is 1. The first kappa shape index (κ1) is 34.9. The van der Waals surface area contributed by atoms with Gasteiger partial charge in [0.05, 0.1) is 5.69 Å². The first-order valence-electron chi connectivity index (χ1n) is 18.8. The first-order chi connectivity index (χ1) is 27.2. The van der Waals surface area contributed by atoms with Crippen LogP contribution in [0.15, 0.2) is 219 Å². The predicted molar refractivity (Wildman–Crippen MR) is 239 cm³/mol. The lowest BCUT2D eigenvalue weighted by Gasteiger charge is -2.27. The summed E-state index contributed by atoms with van der Waals surface area (Å²) in [6.45, 7) is 2.02. The molecule has 0 spiro atoms. The monoisotopic (exact) mass is 706 g/mol. The molecular formula is C53H42N2. The summed E-state index contributed by atoms with van der Waals surface area (Å²) in [5, 5.41) is 5.89. The van der Waals surface area contributed by atoms with Crippen molar-refractivity contribution >= 4 is 45.7 Å². The van der Waals surface area contributed by atoms with Gasteiger partial charge in [-0.05, 0) is 99.8 Å². The van der Waals surface area contributed by atoms with Gasteiger partial charge in [0.25, 0.3) is 0 Å². The number of anilines is 4. The van der Waals surface area contributed by atoms with Crippen LogP contribution in [0.3, 0.4) is 0 Å². The number of hydrogen-bond acceptors (Lipinski definition) is 2. The van der Waals surface area contributed by atoms with Crippen LogP contribution in [0.25, 0.3) is 56.3 Å². The zero-order valence-electron chi connectivity index (χ0n) is 30.9. The van der Waals surface area contributed by atoms with Crippen molar-refractivity contribution in [1.82, 2.24) is 0 Å². The largest absolute Gasteiger partial charge is 0.361 e. The minimum atomic E-state index is 1.08. The van der Waals surface area contributed by atoms with Gasteiger partial charge in [0, 0.05) is 34.2 Å². The van der Waals surface area contributed by atoms with E-state index in [4.69, 9.17) is 0 Å². The fraction of sp³-hybridized carbons (Fsp3) is 0.0189. The molecule has 0 radical (unpaired) electrons. The SMILES string of the molecule is C\C=C/C=C\C=C\c1ccc(N(c2ccc(-c3ccc(-c4ccc5c(c4)-c4ccccc4N/C=C/C=C\C=C5)cc3)cc2)c2cccc3ccccc23)cc1. The molecule has 0 atom stereocenters. The van der Waals surface area contributed by atoms with Crippen molar-refractivity contribution in [2.45, 2.75) is 6.92 Å². The fourth-order valence-electron chi connectivity index (χ4n) is 7.07. The van der Waals surface area contributed by atoms with Crippen molar-refractivity contribution in [2.24, 2.45) is 0 Å². The highest BCUT2D eigenvalue weighted by molar-refractivity contribution is 5.99. The molecule has 0 saturated carbocycles. The highest BCUT2D eigenvalue weighted by Crippen LogP contribution is 2.40. The highest BCUT2D eigenvalue weighted by Gasteiger charge is 2.16. The zero-order chi connectivity index (χ0) is 37.2. The van der Waals surface area contributed by atoms with E-state index in [2.05, 4.69) is 204 Å². The lowest BCUT2D eigenvalue weighted by Crippen LogP contribution is -2.10. The van der Waals surface area contributed by atoms with Crippen molar-refractivity contribution in [2.75, 3.05) is 10.2 Å². The first-order valence-corrected chi connectivity index (χ1v) is 18.8. The molecule has 2 heteroatoms. The van der Waals surface area contributed by atoms with Crippen LogP contribution in [0.1, 0.15) is 18.1 Å². The molecule has 8 rings (SSSR count). The lowest BCUT2D eigenvalue weighted by atomic mass is 9.92. The summed E-state index contributed by atoms with van der Waals surface area (Å²) in [7, 11) is 0. The normalized spacial score (nSPS) is 13.7. The molecule has 1 heterocycles. The van der Waals surface area contributed by atoms with Gasteiger partial charge in [-0.2, -0.15) is 0 Å². The topological polar surface area (TPSA) is 15.3 Å². The molecule has 55 heavy (non-hydrogen) atoms. The summed E-state index contributed by atoms with van der Waals surface area (Å²) in [5.41, 5.74) is 13.9. The lowest BCUT2D eigenvalue weighted by molar-refractivity contribution is 1.30. The molecule has 1 N–H and O–H groups in total. The van der Waals surface area contributed by atoms with Gasteiger partial charge >= 0.3 is 0 Å². The molecule has 7 aromatic rings. The van der Waals surface area contributed by atoms with Crippen molar-refractivity contribution in [1.29, 1.82) is 0 Å². The Bertz CT molecular complexity index is 2590. The number of nitrogens with one attached hydrogen (secondary N) is 1. The van der Waals surface area contributed by atoms with Gasteiger partial charge in [0.15, 0.2) is 0 Å². The summed E-state index contributed by atoms with van der Waals surface area (Å²) in [5.74, 6) is 0. The molecule has 1 aliphatic rings. The maximum Gasteiger partial charge on any atom is 0.0540 e. The van der Waals surface area contributed by atoms with Crippen LogP contribution in [0.5, 0.6) is 0 Å². The molecule has 2 nitrogen and oxygen atoms in total. The minimum Gasteiger partial charge on any atom is -0.361 e. The Morgan fingerprint density at radius 2 is 1.13 bits per heavy atom. The summed E-state index contributed by atoms with van der Waals surface area (Å²) < 4.78 is 0. The zero-order valence-corrected chi connectivity index (χ0v) is 30.9. The third-order valence-electron chi connectivity index (χ3n) is 9.87. The Hall–Kier alpha value is -7.16. The van der Waals surface area contributed by atoms with Gasteiger partial charge in [-0.3, -0.25) is 0 Å². The molecule has 1 aliphatic heterocycles. The van der Waals surface area contributed by atoms with Gasteiger partial charge in [-0.15, -0.1) is 0 Å². The van der Waals surface area contributed by atoms with Crippen LogP contribution in [0, 0.1) is 0 Å². The standard InChI is InChI=1S/C53H42N2/c1-2-3-4-5-8-16-40-24-34-47(35-25-40)55(53-23-15-19-44-18-10-11-20-49(44)53)48-36-32-42(33-37-48)41-26-28-43(29-27-41)46-31-30-45-17-9-6-7-14-38-54-52-22-13-12-21-50(52)51(45)39-46/h2-39,54H,1H3/b3-2-,5-4-,7-6-,16-8+,17-9?,38-14+. The number of nitrogens with zero attached hydrogens (tertiary/aromatic N) is 1. The van der Waals surface area contributed by atoms with Crippen LogP contribution in [0.4, 0.5) is 22.7 Å². The average molecular weight is 707 g/mol. The van der Waals surface area contributed by atoms with E-state index in [-0.39, 0.29) is 0 Å². The third kappa shape index (κ3) is 7.95. The van der Waals surface area contributed by atoms with E-state index >= 15 is 0 Å². The van der Waals surface area contributed by atoms with Gasteiger partial charge < -0.3 is 10.2 Å². The highest BCUT2D eigenvalue weighted by atomic mass is 15.1. The number of allylic oxidation sites excluding steroid dienone is 9. The minimum absolute atomic E-state index is 1.08. The second-order valence-electron chi connectivity index (χ2n) is 13.4. The second kappa shape index (κ2) is 16.7. The smallest absolute Gasteiger partial charge is 0.0540 e. The summed E-state index contributed by atoms with van der Waals surface area (Å²) in [6.07, 6.45) is 24.7. The number of para-hydroxylation sites is 1. The van der Waals surface area contributed by atoms with Gasteiger partial charge in [-0.25, -0.2) is 0 Å². The van der Waals surface area contributed by atoms with Gasteiger partial charge in [-0.1, -0.05) is 176 Å². The molecule has 0 saturated heterocycles. The Labute approximate surface area is 324 Å². The van der Waals surface area contributed by atoms with Crippen molar-refractivity contribution in [3.05, 3.63) is 230 Å². The average Bonchev–Trinajstić information content (AvgIpc) is 3.28. The van der Waals surface area contributed by atoms with Crippen molar-refractivity contribution in [3.63, 3.8) is 0 Å². The van der Waals surface area contributed by atoms with Crippen molar-refractivity contribution < 1.29 is 0 Å². The summed E-state index contributed by atoms with van der Waals surface area (Å²) in [4.78, 5) is 2.36. The molecule has 0 aliphatic carbocycles. The summed E-state index contributed by atoms with van der Waals surface area (Å²) >= 11 is 0. The number of fused-ring (bicyclic) bond motifs is 4. The Kier molecular flexibility index (Phi) is 10.6. The third-order valence-corrected chi connectivity index (χ3v) is 9.87. The van der Waals surface area contributed by atoms with E-state index in [0.29, 0.717) is 0 Å². The van der Waals surface area contributed by atoms with Gasteiger partial charge in [0.1, 0.15) is 0 Å². The maximum atomic E-state index is 3.47. The van der Waals surface area contributed by atoms with Crippen LogP contribution >= 0.6 is 0 Å². The van der Waals surface area contributed by atoms with Crippen molar-refractivity contribution in [3.8, 4) is 33.4 Å². The summed E-state index contributed by atoms with van der Waals surface area (Å²) in [6, 6.07) is 57.0. The molecule has 7 aromatic carbocycles. The molecule has 264 valence electrons. The quantitative estimate of drug-likeness (QED) is 0.158. The van der Waals surface area contributed by atoms with E-state index < -0.39 is 0 Å². The van der Waals surface area contributed by atoms with E-state index in [1.807, 2.05) is 43.5 Å². The van der Waals surface area contributed by atoms with Crippen LogP contribution in [-0.2, 0) is 0 Å². The number of benzene rings is 7. The Balaban J connectivity index is 1.10. The van der Waals surface area contributed by atoms with E-state index in [9.17, 15) is 0 Å². The fourth-order valence-corrected chi connectivity index (χ4v) is 7.07. The van der Waals surface area contributed by atoms with Gasteiger partial charge in [0.2, 0.25) is 0 Å². The van der Waals surface area contributed by atoms with E-state index in [1.165, 1.54) is 49.7 Å².